The van der Waals surface area contributed by atoms with Gasteiger partial charge in [-0.05, 0) is 18.1 Å². The summed E-state index contributed by atoms with van der Waals surface area (Å²) in [4.78, 5) is 36.5. The van der Waals surface area contributed by atoms with Crippen molar-refractivity contribution in [1.82, 2.24) is 20.2 Å². The Balaban J connectivity index is 1.38. The molecule has 0 saturated carbocycles. The highest BCUT2D eigenvalue weighted by Gasteiger charge is 2.23. The molecule has 1 fully saturated rings. The summed E-state index contributed by atoms with van der Waals surface area (Å²) < 4.78 is 0. The van der Waals surface area contributed by atoms with Gasteiger partial charge >= 0.3 is 0 Å². The van der Waals surface area contributed by atoms with Crippen LogP contribution in [0.25, 0.3) is 0 Å². The second kappa shape index (κ2) is 8.94. The first-order chi connectivity index (χ1) is 12.7. The molecule has 2 heterocycles. The predicted octanol–water partition coefficient (Wildman–Crippen LogP) is 0.874. The third-order valence-corrected chi connectivity index (χ3v) is 4.36. The Morgan fingerprint density at radius 3 is 2.35 bits per heavy atom. The molecule has 0 radical (unpaired) electrons. The summed E-state index contributed by atoms with van der Waals surface area (Å²) in [6.45, 7) is 3.04. The number of hydrogen-bond donors (Lipinski definition) is 1. The van der Waals surface area contributed by atoms with Crippen LogP contribution in [0.15, 0.2) is 48.8 Å². The van der Waals surface area contributed by atoms with Crippen LogP contribution < -0.4 is 10.2 Å². The molecular weight excluding hydrogens is 330 g/mol. The molecule has 136 valence electrons. The monoisotopic (exact) mass is 353 g/mol. The van der Waals surface area contributed by atoms with Crippen molar-refractivity contribution in [2.45, 2.75) is 12.8 Å². The first kappa shape index (κ1) is 17.8. The van der Waals surface area contributed by atoms with Crippen LogP contribution in [0.3, 0.4) is 0 Å². The molecule has 1 aliphatic rings. The van der Waals surface area contributed by atoms with Crippen molar-refractivity contribution in [3.05, 3.63) is 54.4 Å². The maximum absolute atomic E-state index is 12.3. The molecule has 1 saturated heterocycles. The number of piperazine rings is 1. The zero-order valence-corrected chi connectivity index (χ0v) is 14.7. The lowest BCUT2D eigenvalue weighted by atomic mass is 10.1. The van der Waals surface area contributed by atoms with Crippen LogP contribution in [0.5, 0.6) is 0 Å². The largest absolute Gasteiger partial charge is 0.355 e. The van der Waals surface area contributed by atoms with Gasteiger partial charge in [-0.2, -0.15) is 0 Å². The molecule has 26 heavy (non-hydrogen) atoms. The molecule has 2 amide bonds. The summed E-state index contributed by atoms with van der Waals surface area (Å²) in [5, 5.41) is 2.82. The maximum Gasteiger partial charge on any atom is 0.232 e. The van der Waals surface area contributed by atoms with Gasteiger partial charge in [0.1, 0.15) is 6.42 Å². The third-order valence-electron chi connectivity index (χ3n) is 4.36. The highest BCUT2D eigenvalue weighted by Crippen LogP contribution is 2.10. The van der Waals surface area contributed by atoms with Gasteiger partial charge in [0.25, 0.3) is 0 Å². The molecule has 0 unspecified atom stereocenters. The average molecular weight is 353 g/mol. The van der Waals surface area contributed by atoms with Gasteiger partial charge in [0.2, 0.25) is 17.8 Å². The van der Waals surface area contributed by atoms with E-state index in [1.54, 1.807) is 23.4 Å². The molecule has 1 aromatic carbocycles. The van der Waals surface area contributed by atoms with Crippen LogP contribution in [0, 0.1) is 0 Å². The molecule has 0 spiro atoms. The van der Waals surface area contributed by atoms with Gasteiger partial charge < -0.3 is 15.1 Å². The minimum absolute atomic E-state index is 0.101. The standard InChI is InChI=1S/C19H23N5O2/c25-17(20-10-7-16-5-2-1-3-6-16)15-18(26)23-11-13-24(14-12-23)19-21-8-4-9-22-19/h1-6,8-9H,7,10-15H2,(H,20,25). The molecule has 0 aliphatic carbocycles. The Kier molecular flexibility index (Phi) is 6.14. The number of hydrogen-bond acceptors (Lipinski definition) is 5. The van der Waals surface area contributed by atoms with E-state index < -0.39 is 0 Å². The summed E-state index contributed by atoms with van der Waals surface area (Å²) in [6.07, 6.45) is 4.08. The van der Waals surface area contributed by atoms with Crippen LogP contribution in [0.4, 0.5) is 5.95 Å². The second-order valence-electron chi connectivity index (χ2n) is 6.18. The lowest BCUT2D eigenvalue weighted by Crippen LogP contribution is -2.50. The van der Waals surface area contributed by atoms with E-state index >= 15 is 0 Å². The number of benzene rings is 1. The van der Waals surface area contributed by atoms with Crippen molar-refractivity contribution < 1.29 is 9.59 Å². The fourth-order valence-corrected chi connectivity index (χ4v) is 2.91. The van der Waals surface area contributed by atoms with Crippen LogP contribution in [0.2, 0.25) is 0 Å². The van der Waals surface area contributed by atoms with Crippen LogP contribution >= 0.6 is 0 Å². The lowest BCUT2D eigenvalue weighted by molar-refractivity contribution is -0.136. The van der Waals surface area contributed by atoms with Crippen molar-refractivity contribution in [1.29, 1.82) is 0 Å². The molecule has 7 nitrogen and oxygen atoms in total. The highest BCUT2D eigenvalue weighted by atomic mass is 16.2. The summed E-state index contributed by atoms with van der Waals surface area (Å²) in [5.41, 5.74) is 1.17. The van der Waals surface area contributed by atoms with Gasteiger partial charge in [-0.1, -0.05) is 30.3 Å². The van der Waals surface area contributed by atoms with Crippen LogP contribution in [0.1, 0.15) is 12.0 Å². The Morgan fingerprint density at radius 1 is 0.962 bits per heavy atom. The van der Waals surface area contributed by atoms with Gasteiger partial charge in [-0.15, -0.1) is 0 Å². The Bertz CT molecular complexity index is 715. The van der Waals surface area contributed by atoms with Gasteiger partial charge in [0, 0.05) is 45.1 Å². The zero-order chi connectivity index (χ0) is 18.2. The molecule has 1 aromatic heterocycles. The molecule has 0 atom stereocenters. The van der Waals surface area contributed by atoms with Gasteiger partial charge in [0.05, 0.1) is 0 Å². The first-order valence-corrected chi connectivity index (χ1v) is 8.83. The van der Waals surface area contributed by atoms with E-state index in [1.807, 2.05) is 35.2 Å². The lowest BCUT2D eigenvalue weighted by Gasteiger charge is -2.34. The number of rotatable bonds is 6. The SMILES string of the molecule is O=C(CC(=O)N1CCN(c2ncccn2)CC1)NCCc1ccccc1. The Hall–Kier alpha value is -2.96. The van der Waals surface area contributed by atoms with Crippen molar-refractivity contribution in [2.24, 2.45) is 0 Å². The van der Waals surface area contributed by atoms with E-state index in [-0.39, 0.29) is 18.2 Å². The molecule has 1 aliphatic heterocycles. The molecular formula is C19H23N5O2. The fourth-order valence-electron chi connectivity index (χ4n) is 2.91. The van der Waals surface area contributed by atoms with Crippen molar-refractivity contribution >= 4 is 17.8 Å². The first-order valence-electron chi connectivity index (χ1n) is 8.83. The maximum atomic E-state index is 12.3. The van der Waals surface area contributed by atoms with Gasteiger partial charge in [0.15, 0.2) is 0 Å². The van der Waals surface area contributed by atoms with Crippen molar-refractivity contribution in [3.63, 3.8) is 0 Å². The van der Waals surface area contributed by atoms with Crippen molar-refractivity contribution in [3.8, 4) is 0 Å². The summed E-state index contributed by atoms with van der Waals surface area (Å²) in [6, 6.07) is 11.7. The van der Waals surface area contributed by atoms with Crippen LogP contribution in [-0.2, 0) is 16.0 Å². The topological polar surface area (TPSA) is 78.4 Å². The van der Waals surface area contributed by atoms with E-state index in [0.29, 0.717) is 38.7 Å². The van der Waals surface area contributed by atoms with E-state index in [4.69, 9.17) is 0 Å². The van der Waals surface area contributed by atoms with E-state index in [2.05, 4.69) is 15.3 Å². The minimum Gasteiger partial charge on any atom is -0.355 e. The average Bonchev–Trinajstić information content (AvgIpc) is 2.69. The fraction of sp³-hybridized carbons (Fsp3) is 0.368. The minimum atomic E-state index is -0.222. The highest BCUT2D eigenvalue weighted by molar-refractivity contribution is 5.96. The molecule has 3 rings (SSSR count). The molecule has 2 aromatic rings. The molecule has 7 heteroatoms. The second-order valence-corrected chi connectivity index (χ2v) is 6.18. The number of carbonyl (C=O) groups is 2. The Labute approximate surface area is 153 Å². The number of nitrogens with zero attached hydrogens (tertiary/aromatic N) is 4. The van der Waals surface area contributed by atoms with E-state index in [0.717, 1.165) is 6.42 Å². The smallest absolute Gasteiger partial charge is 0.232 e. The van der Waals surface area contributed by atoms with Gasteiger partial charge in [-0.25, -0.2) is 9.97 Å². The summed E-state index contributed by atoms with van der Waals surface area (Å²) in [7, 11) is 0. The number of aromatic nitrogens is 2. The summed E-state index contributed by atoms with van der Waals surface area (Å²) in [5.74, 6) is 0.328. The Morgan fingerprint density at radius 2 is 1.65 bits per heavy atom. The normalized spacial score (nSPS) is 14.2. The number of nitrogens with one attached hydrogen (secondary N) is 1. The quantitative estimate of drug-likeness (QED) is 0.780. The third kappa shape index (κ3) is 5.02. The summed E-state index contributed by atoms with van der Waals surface area (Å²) >= 11 is 0. The number of carbonyl (C=O) groups excluding carboxylic acids is 2. The van der Waals surface area contributed by atoms with Gasteiger partial charge in [-0.3, -0.25) is 9.59 Å². The van der Waals surface area contributed by atoms with Crippen LogP contribution in [-0.4, -0.2) is 59.4 Å². The number of anilines is 1. The van der Waals surface area contributed by atoms with Crippen molar-refractivity contribution in [2.75, 3.05) is 37.6 Å². The number of amides is 2. The van der Waals surface area contributed by atoms with E-state index in [1.165, 1.54) is 5.56 Å². The molecule has 1 N–H and O–H groups in total. The molecule has 0 bridgehead atoms. The zero-order valence-electron chi connectivity index (χ0n) is 14.7. The van der Waals surface area contributed by atoms with E-state index in [9.17, 15) is 9.59 Å². The predicted molar refractivity (Wildman–Crippen MR) is 98.6 cm³/mol.